The Morgan fingerprint density at radius 2 is 2.13 bits per heavy atom. The summed E-state index contributed by atoms with van der Waals surface area (Å²) in [4.78, 5) is 14.3. The van der Waals surface area contributed by atoms with Gasteiger partial charge in [-0.05, 0) is 51.3 Å². The Hall–Kier alpha value is -2.14. The largest absolute Gasteiger partial charge is 0.390 e. The van der Waals surface area contributed by atoms with Crippen LogP contribution in [0.5, 0.6) is 0 Å². The Morgan fingerprint density at radius 1 is 1.39 bits per heavy atom. The summed E-state index contributed by atoms with van der Waals surface area (Å²) in [6.07, 6.45) is 2.88. The van der Waals surface area contributed by atoms with Gasteiger partial charge in [0.25, 0.3) is 5.91 Å². The van der Waals surface area contributed by atoms with Crippen LogP contribution < -0.4 is 0 Å². The number of hydrogen-bond donors (Lipinski definition) is 1. The first-order valence-electron chi connectivity index (χ1n) is 7.77. The summed E-state index contributed by atoms with van der Waals surface area (Å²) in [5.41, 5.74) is 1.69. The van der Waals surface area contributed by atoms with Gasteiger partial charge < -0.3 is 14.5 Å². The van der Waals surface area contributed by atoms with Crippen molar-refractivity contribution in [3.63, 3.8) is 0 Å². The molecule has 0 aliphatic carbocycles. The summed E-state index contributed by atoms with van der Waals surface area (Å²) < 4.78 is 4.84. The van der Waals surface area contributed by atoms with E-state index >= 15 is 0 Å². The molecule has 2 rings (SSSR count). The van der Waals surface area contributed by atoms with Crippen LogP contribution in [-0.4, -0.2) is 33.7 Å². The molecule has 1 aromatic heterocycles. The molecular weight excluding hydrogens is 292 g/mol. The van der Waals surface area contributed by atoms with Gasteiger partial charge in [-0.15, -0.1) is 0 Å². The molecule has 0 radical (unpaired) electrons. The van der Waals surface area contributed by atoms with Crippen molar-refractivity contribution >= 4 is 5.91 Å². The molecule has 0 aliphatic heterocycles. The number of nitrogens with zero attached hydrogens (tertiary/aromatic N) is 2. The number of aromatic nitrogens is 1. The first-order chi connectivity index (χ1) is 10.8. The van der Waals surface area contributed by atoms with Gasteiger partial charge in [-0.2, -0.15) is 0 Å². The van der Waals surface area contributed by atoms with Crippen LogP contribution in [0.1, 0.15) is 54.8 Å². The van der Waals surface area contributed by atoms with Gasteiger partial charge in [-0.3, -0.25) is 4.79 Å². The van der Waals surface area contributed by atoms with Crippen molar-refractivity contribution in [2.24, 2.45) is 0 Å². The number of benzene rings is 1. The van der Waals surface area contributed by atoms with E-state index in [-0.39, 0.29) is 11.9 Å². The lowest BCUT2D eigenvalue weighted by molar-refractivity contribution is 0.0714. The molecule has 23 heavy (non-hydrogen) atoms. The summed E-state index contributed by atoms with van der Waals surface area (Å²) in [7, 11) is 1.76. The van der Waals surface area contributed by atoms with Gasteiger partial charge in [0.1, 0.15) is 12.0 Å². The highest BCUT2D eigenvalue weighted by Crippen LogP contribution is 2.20. The number of rotatable bonds is 6. The van der Waals surface area contributed by atoms with Crippen molar-refractivity contribution < 1.29 is 14.4 Å². The maximum absolute atomic E-state index is 12.7. The lowest BCUT2D eigenvalue weighted by Gasteiger charge is -2.23. The van der Waals surface area contributed by atoms with Crippen LogP contribution in [-0.2, 0) is 6.42 Å². The normalized spacial score (nSPS) is 12.9. The molecule has 0 fully saturated rings. The number of carbonyl (C=O) groups excluding carboxylic acids is 1. The third kappa shape index (κ3) is 4.66. The number of aryl methyl sites for hydroxylation is 1. The molecule has 124 valence electrons. The van der Waals surface area contributed by atoms with Crippen LogP contribution in [0.25, 0.3) is 0 Å². The second kappa shape index (κ2) is 6.96. The van der Waals surface area contributed by atoms with Crippen molar-refractivity contribution in [1.29, 1.82) is 0 Å². The van der Waals surface area contributed by atoms with E-state index in [4.69, 9.17) is 4.52 Å². The zero-order chi connectivity index (χ0) is 17.0. The molecule has 5 nitrogen and oxygen atoms in total. The lowest BCUT2D eigenvalue weighted by atomic mass is 9.97. The van der Waals surface area contributed by atoms with E-state index in [1.807, 2.05) is 31.2 Å². The molecule has 2 aromatic rings. The average Bonchev–Trinajstić information content (AvgIpc) is 3.05. The van der Waals surface area contributed by atoms with Crippen molar-refractivity contribution in [2.75, 3.05) is 7.05 Å². The summed E-state index contributed by atoms with van der Waals surface area (Å²) in [6, 6.07) is 9.14. The quantitative estimate of drug-likeness (QED) is 0.888. The molecule has 1 heterocycles. The van der Waals surface area contributed by atoms with E-state index in [1.165, 1.54) is 6.26 Å². The SMILES string of the molecule is C[C@@H](c1ccon1)N(C)C(=O)c1cccc(CCC(C)(C)O)c1. The zero-order valence-electron chi connectivity index (χ0n) is 14.1. The summed E-state index contributed by atoms with van der Waals surface area (Å²) >= 11 is 0. The number of hydrogen-bond acceptors (Lipinski definition) is 4. The van der Waals surface area contributed by atoms with E-state index in [0.29, 0.717) is 12.0 Å². The molecule has 0 aliphatic rings. The topological polar surface area (TPSA) is 66.6 Å². The fourth-order valence-corrected chi connectivity index (χ4v) is 2.33. The van der Waals surface area contributed by atoms with E-state index in [2.05, 4.69) is 5.16 Å². The highest BCUT2D eigenvalue weighted by molar-refractivity contribution is 5.94. The van der Waals surface area contributed by atoms with Gasteiger partial charge in [0.15, 0.2) is 0 Å². The predicted octanol–water partition coefficient (Wildman–Crippen LogP) is 3.21. The third-order valence-electron chi connectivity index (χ3n) is 3.99. The minimum Gasteiger partial charge on any atom is -0.390 e. The van der Waals surface area contributed by atoms with E-state index in [1.54, 1.807) is 31.9 Å². The summed E-state index contributed by atoms with van der Waals surface area (Å²) in [5, 5.41) is 13.7. The Morgan fingerprint density at radius 3 is 2.74 bits per heavy atom. The zero-order valence-corrected chi connectivity index (χ0v) is 14.1. The minimum atomic E-state index is -0.710. The van der Waals surface area contributed by atoms with Crippen LogP contribution in [0.2, 0.25) is 0 Å². The molecule has 0 saturated carbocycles. The maximum atomic E-state index is 12.7. The molecule has 0 bridgehead atoms. The van der Waals surface area contributed by atoms with Gasteiger partial charge in [-0.1, -0.05) is 17.3 Å². The molecule has 1 atom stereocenters. The molecular formula is C18H24N2O3. The maximum Gasteiger partial charge on any atom is 0.254 e. The van der Waals surface area contributed by atoms with Crippen molar-refractivity contribution in [3.8, 4) is 0 Å². The first kappa shape index (κ1) is 17.2. The number of amides is 1. The monoisotopic (exact) mass is 316 g/mol. The Kier molecular flexibility index (Phi) is 5.21. The van der Waals surface area contributed by atoms with Crippen LogP contribution >= 0.6 is 0 Å². The standard InChI is InChI=1S/C18H24N2O3/c1-13(16-9-11-23-19-16)20(4)17(21)15-7-5-6-14(12-15)8-10-18(2,3)22/h5-7,9,11-13,22H,8,10H2,1-4H3/t13-/m0/s1. The Bertz CT molecular complexity index is 645. The fraction of sp³-hybridized carbons (Fsp3) is 0.444. The predicted molar refractivity (Wildman–Crippen MR) is 88.1 cm³/mol. The van der Waals surface area contributed by atoms with E-state index in [0.717, 1.165) is 17.7 Å². The molecule has 1 amide bonds. The molecule has 0 spiro atoms. The van der Waals surface area contributed by atoms with Crippen LogP contribution in [0.3, 0.4) is 0 Å². The van der Waals surface area contributed by atoms with Crippen LogP contribution in [0, 0.1) is 0 Å². The molecule has 0 unspecified atom stereocenters. The van der Waals surface area contributed by atoms with Crippen molar-refractivity contribution in [2.45, 2.75) is 45.3 Å². The van der Waals surface area contributed by atoms with E-state index in [9.17, 15) is 9.90 Å². The first-order valence-corrected chi connectivity index (χ1v) is 7.77. The van der Waals surface area contributed by atoms with Crippen molar-refractivity contribution in [3.05, 3.63) is 53.4 Å². The molecule has 5 heteroatoms. The van der Waals surface area contributed by atoms with Gasteiger partial charge in [0.05, 0.1) is 11.6 Å². The summed E-state index contributed by atoms with van der Waals surface area (Å²) in [5.74, 6) is -0.0643. The second-order valence-corrected chi connectivity index (χ2v) is 6.53. The number of aliphatic hydroxyl groups is 1. The highest BCUT2D eigenvalue weighted by Gasteiger charge is 2.21. The van der Waals surface area contributed by atoms with Gasteiger partial charge in [-0.25, -0.2) is 0 Å². The second-order valence-electron chi connectivity index (χ2n) is 6.53. The average molecular weight is 316 g/mol. The minimum absolute atomic E-state index is 0.0643. The number of carbonyl (C=O) groups is 1. The highest BCUT2D eigenvalue weighted by atomic mass is 16.5. The fourth-order valence-electron chi connectivity index (χ4n) is 2.33. The lowest BCUT2D eigenvalue weighted by Crippen LogP contribution is -2.30. The van der Waals surface area contributed by atoms with Gasteiger partial charge in [0.2, 0.25) is 0 Å². The third-order valence-corrected chi connectivity index (χ3v) is 3.99. The molecule has 1 N–H and O–H groups in total. The van der Waals surface area contributed by atoms with Crippen LogP contribution in [0.4, 0.5) is 0 Å². The van der Waals surface area contributed by atoms with Crippen LogP contribution in [0.15, 0.2) is 41.1 Å². The van der Waals surface area contributed by atoms with E-state index < -0.39 is 5.60 Å². The summed E-state index contributed by atoms with van der Waals surface area (Å²) in [6.45, 7) is 5.48. The smallest absolute Gasteiger partial charge is 0.254 e. The Balaban J connectivity index is 2.10. The van der Waals surface area contributed by atoms with Gasteiger partial charge in [0, 0.05) is 18.7 Å². The van der Waals surface area contributed by atoms with Crippen molar-refractivity contribution in [1.82, 2.24) is 10.1 Å². The molecule has 1 aromatic carbocycles. The Labute approximate surface area is 136 Å². The molecule has 0 saturated heterocycles. The van der Waals surface area contributed by atoms with Gasteiger partial charge >= 0.3 is 0 Å².